The van der Waals surface area contributed by atoms with E-state index < -0.39 is 0 Å². The molecule has 1 saturated heterocycles. The minimum absolute atomic E-state index is 0.164. The number of piperazine rings is 1. The van der Waals surface area contributed by atoms with Gasteiger partial charge in [-0.3, -0.25) is 14.7 Å². The van der Waals surface area contributed by atoms with Crippen LogP contribution in [-0.2, 0) is 4.79 Å². The Kier molecular flexibility index (Phi) is 8.24. The quantitative estimate of drug-likeness (QED) is 0.583. The molecule has 0 bridgehead atoms. The summed E-state index contributed by atoms with van der Waals surface area (Å²) in [4.78, 5) is 22.8. The van der Waals surface area contributed by atoms with Gasteiger partial charge in [-0.05, 0) is 26.9 Å². The maximum Gasteiger partial charge on any atom is 0.219 e. The van der Waals surface area contributed by atoms with Crippen molar-refractivity contribution in [1.82, 2.24) is 20.0 Å². The molecule has 6 nitrogen and oxygen atoms in total. The van der Waals surface area contributed by atoms with Crippen LogP contribution in [0.5, 0.6) is 0 Å². The monoisotopic (exact) mass is 311 g/mol. The van der Waals surface area contributed by atoms with Crippen LogP contribution in [0.4, 0.5) is 0 Å². The van der Waals surface area contributed by atoms with E-state index in [9.17, 15) is 4.79 Å². The van der Waals surface area contributed by atoms with Crippen LogP contribution in [0.1, 0.15) is 34.6 Å². The van der Waals surface area contributed by atoms with E-state index in [4.69, 9.17) is 4.99 Å². The van der Waals surface area contributed by atoms with Gasteiger partial charge in [0.05, 0.1) is 6.54 Å². The van der Waals surface area contributed by atoms with Gasteiger partial charge < -0.3 is 15.1 Å². The van der Waals surface area contributed by atoms with Gasteiger partial charge in [-0.15, -0.1) is 0 Å². The molecule has 1 heterocycles. The van der Waals surface area contributed by atoms with Crippen molar-refractivity contribution < 1.29 is 4.79 Å². The van der Waals surface area contributed by atoms with Crippen molar-refractivity contribution in [2.75, 3.05) is 52.4 Å². The number of carbonyl (C=O) groups is 1. The van der Waals surface area contributed by atoms with Gasteiger partial charge in [-0.1, -0.05) is 13.8 Å². The summed E-state index contributed by atoms with van der Waals surface area (Å²) >= 11 is 0. The lowest BCUT2D eigenvalue weighted by molar-refractivity contribution is -0.130. The average Bonchev–Trinajstić information content (AvgIpc) is 2.52. The van der Waals surface area contributed by atoms with Crippen molar-refractivity contribution in [1.29, 1.82) is 0 Å². The zero-order valence-corrected chi connectivity index (χ0v) is 14.9. The van der Waals surface area contributed by atoms with Crippen molar-refractivity contribution in [3.05, 3.63) is 0 Å². The van der Waals surface area contributed by atoms with Gasteiger partial charge in [0.2, 0.25) is 5.91 Å². The number of nitrogens with one attached hydrogen (secondary N) is 1. The highest BCUT2D eigenvalue weighted by atomic mass is 16.2. The average molecular weight is 311 g/mol. The molecule has 1 aliphatic rings. The summed E-state index contributed by atoms with van der Waals surface area (Å²) < 4.78 is 0. The van der Waals surface area contributed by atoms with Gasteiger partial charge in [0, 0.05) is 45.7 Å². The van der Waals surface area contributed by atoms with E-state index in [1.807, 2.05) is 4.90 Å². The van der Waals surface area contributed by atoms with Gasteiger partial charge in [-0.25, -0.2) is 0 Å². The zero-order chi connectivity index (χ0) is 16.5. The van der Waals surface area contributed by atoms with Crippen LogP contribution in [0, 0.1) is 0 Å². The van der Waals surface area contributed by atoms with Gasteiger partial charge in [0.15, 0.2) is 5.96 Å². The van der Waals surface area contributed by atoms with Crippen LogP contribution < -0.4 is 5.32 Å². The molecule has 0 saturated carbocycles. The Morgan fingerprint density at radius 3 is 2.14 bits per heavy atom. The minimum atomic E-state index is 0.164. The number of carbonyl (C=O) groups excluding carboxylic acids is 1. The lowest BCUT2D eigenvalue weighted by atomic mass is 10.3. The van der Waals surface area contributed by atoms with Crippen LogP contribution in [0.15, 0.2) is 4.99 Å². The van der Waals surface area contributed by atoms with Gasteiger partial charge in [0.1, 0.15) is 0 Å². The van der Waals surface area contributed by atoms with Crippen LogP contribution in [0.2, 0.25) is 0 Å². The molecule has 1 fully saturated rings. The van der Waals surface area contributed by atoms with Crippen molar-refractivity contribution in [2.45, 2.75) is 40.7 Å². The summed E-state index contributed by atoms with van der Waals surface area (Å²) in [6.45, 7) is 17.4. The Bertz CT molecular complexity index is 360. The molecule has 6 heteroatoms. The first kappa shape index (κ1) is 18.7. The molecule has 0 aliphatic carbocycles. The highest BCUT2D eigenvalue weighted by Crippen LogP contribution is 2.04. The number of hydrogen-bond acceptors (Lipinski definition) is 3. The molecule has 1 aliphatic heterocycles. The van der Waals surface area contributed by atoms with Crippen molar-refractivity contribution in [3.8, 4) is 0 Å². The molecule has 128 valence electrons. The fourth-order valence-electron chi connectivity index (χ4n) is 2.84. The lowest BCUT2D eigenvalue weighted by Gasteiger charge is -2.36. The van der Waals surface area contributed by atoms with Crippen LogP contribution in [-0.4, -0.2) is 85.0 Å². The molecule has 22 heavy (non-hydrogen) atoms. The second-order valence-electron chi connectivity index (χ2n) is 5.76. The highest BCUT2D eigenvalue weighted by molar-refractivity contribution is 5.80. The summed E-state index contributed by atoms with van der Waals surface area (Å²) in [6.07, 6.45) is 0. The third-order valence-corrected chi connectivity index (χ3v) is 4.30. The summed E-state index contributed by atoms with van der Waals surface area (Å²) in [5, 5.41) is 3.38. The SMILES string of the molecule is CCNC(=NCC(C)N(CC)CC)N1CCN(C(C)=O)CC1. The Hall–Kier alpha value is -1.30. The molecule has 1 amide bonds. The van der Waals surface area contributed by atoms with E-state index in [0.29, 0.717) is 6.04 Å². The molecular weight excluding hydrogens is 278 g/mol. The largest absolute Gasteiger partial charge is 0.357 e. The summed E-state index contributed by atoms with van der Waals surface area (Å²) in [5.41, 5.74) is 0. The number of nitrogens with zero attached hydrogens (tertiary/aromatic N) is 4. The second kappa shape index (κ2) is 9.66. The number of aliphatic imine (C=N–C) groups is 1. The predicted molar refractivity (Wildman–Crippen MR) is 92.2 cm³/mol. The minimum Gasteiger partial charge on any atom is -0.357 e. The maximum absolute atomic E-state index is 11.4. The van der Waals surface area contributed by atoms with Crippen LogP contribution in [0.3, 0.4) is 0 Å². The van der Waals surface area contributed by atoms with E-state index in [2.05, 4.69) is 42.8 Å². The van der Waals surface area contributed by atoms with E-state index in [-0.39, 0.29) is 5.91 Å². The smallest absolute Gasteiger partial charge is 0.219 e. The topological polar surface area (TPSA) is 51.2 Å². The highest BCUT2D eigenvalue weighted by Gasteiger charge is 2.21. The number of rotatable bonds is 6. The van der Waals surface area contributed by atoms with Gasteiger partial charge in [-0.2, -0.15) is 0 Å². The Labute approximate surface area is 135 Å². The molecule has 0 aromatic carbocycles. The van der Waals surface area contributed by atoms with Crippen molar-refractivity contribution >= 4 is 11.9 Å². The molecule has 1 rings (SSSR count). The molecule has 1 unspecified atom stereocenters. The van der Waals surface area contributed by atoms with E-state index in [0.717, 1.165) is 58.3 Å². The molecular formula is C16H33N5O. The number of amides is 1. The summed E-state index contributed by atoms with van der Waals surface area (Å²) in [7, 11) is 0. The van der Waals surface area contributed by atoms with E-state index in [1.165, 1.54) is 0 Å². The fourth-order valence-corrected chi connectivity index (χ4v) is 2.84. The van der Waals surface area contributed by atoms with E-state index in [1.54, 1.807) is 6.92 Å². The molecule has 0 aromatic rings. The molecule has 1 atom stereocenters. The fraction of sp³-hybridized carbons (Fsp3) is 0.875. The Morgan fingerprint density at radius 2 is 1.68 bits per heavy atom. The lowest BCUT2D eigenvalue weighted by Crippen LogP contribution is -2.53. The first-order chi connectivity index (χ1) is 10.5. The number of hydrogen-bond donors (Lipinski definition) is 1. The standard InChI is InChI=1S/C16H33N5O/c1-6-17-16(18-13-14(4)19(7-2)8-3)21-11-9-20(10-12-21)15(5)22/h14H,6-13H2,1-5H3,(H,17,18). The second-order valence-corrected chi connectivity index (χ2v) is 5.76. The molecule has 1 N–H and O–H groups in total. The van der Waals surface area contributed by atoms with Crippen LogP contribution in [0.25, 0.3) is 0 Å². The number of likely N-dealkylation sites (N-methyl/N-ethyl adjacent to an activating group) is 1. The third-order valence-electron chi connectivity index (χ3n) is 4.30. The summed E-state index contributed by atoms with van der Waals surface area (Å²) in [6, 6.07) is 0.446. The molecule has 0 spiro atoms. The third kappa shape index (κ3) is 5.48. The molecule has 0 aromatic heterocycles. The van der Waals surface area contributed by atoms with Crippen molar-refractivity contribution in [3.63, 3.8) is 0 Å². The first-order valence-electron chi connectivity index (χ1n) is 8.56. The molecule has 0 radical (unpaired) electrons. The first-order valence-corrected chi connectivity index (χ1v) is 8.56. The normalized spacial score (nSPS) is 17.8. The summed E-state index contributed by atoms with van der Waals surface area (Å²) in [5.74, 6) is 1.14. The van der Waals surface area contributed by atoms with E-state index >= 15 is 0 Å². The van der Waals surface area contributed by atoms with Crippen LogP contribution >= 0.6 is 0 Å². The Balaban J connectivity index is 2.61. The van der Waals surface area contributed by atoms with Gasteiger partial charge in [0.25, 0.3) is 0 Å². The van der Waals surface area contributed by atoms with Gasteiger partial charge >= 0.3 is 0 Å². The number of guanidine groups is 1. The Morgan fingerprint density at radius 1 is 1.14 bits per heavy atom. The van der Waals surface area contributed by atoms with Crippen molar-refractivity contribution in [2.24, 2.45) is 4.99 Å². The maximum atomic E-state index is 11.4. The predicted octanol–water partition coefficient (Wildman–Crippen LogP) is 0.846. The zero-order valence-electron chi connectivity index (χ0n) is 14.9.